The molecule has 0 radical (unpaired) electrons. The van der Waals surface area contributed by atoms with Crippen molar-refractivity contribution in [3.8, 4) is 0 Å². The number of nitrogens with one attached hydrogen (secondary N) is 1. The van der Waals surface area contributed by atoms with Crippen molar-refractivity contribution in [2.75, 3.05) is 10.6 Å². The lowest BCUT2D eigenvalue weighted by molar-refractivity contribution is 0.0940. The molecule has 0 saturated carbocycles. The van der Waals surface area contributed by atoms with E-state index in [0.717, 1.165) is 11.8 Å². The van der Waals surface area contributed by atoms with Gasteiger partial charge in [0, 0.05) is 10.6 Å². The van der Waals surface area contributed by atoms with Crippen LogP contribution in [-0.2, 0) is 16.6 Å². The van der Waals surface area contributed by atoms with E-state index in [-0.39, 0.29) is 24.3 Å². The van der Waals surface area contributed by atoms with Crippen molar-refractivity contribution in [2.45, 2.75) is 19.5 Å². The Kier molecular flexibility index (Phi) is 6.97. The van der Waals surface area contributed by atoms with Gasteiger partial charge in [0.15, 0.2) is 0 Å². The molecule has 3 aromatic carbocycles. The Bertz CT molecular complexity index is 1170. The Balaban J connectivity index is 1.77. The molecule has 1 unspecified atom stereocenters. The zero-order chi connectivity index (χ0) is 22.6. The summed E-state index contributed by atoms with van der Waals surface area (Å²) < 4.78 is 39.1. The van der Waals surface area contributed by atoms with Crippen molar-refractivity contribution in [3.63, 3.8) is 0 Å². The van der Waals surface area contributed by atoms with Gasteiger partial charge in [-0.1, -0.05) is 41.9 Å². The molecule has 0 heterocycles. The Morgan fingerprint density at radius 1 is 1.03 bits per heavy atom. The first-order chi connectivity index (χ1) is 14.6. The first kappa shape index (κ1) is 22.8. The number of benzene rings is 3. The second-order valence-corrected chi connectivity index (χ2v) is 9.47. The third-order valence-corrected chi connectivity index (χ3v) is 6.32. The molecule has 1 atom stereocenters. The molecular formula is C23H22ClFN2O3S. The fourth-order valence-electron chi connectivity index (χ4n) is 3.08. The summed E-state index contributed by atoms with van der Waals surface area (Å²) in [5.74, 6) is -0.662. The third kappa shape index (κ3) is 5.83. The van der Waals surface area contributed by atoms with Crippen LogP contribution in [0.1, 0.15) is 34.5 Å². The van der Waals surface area contributed by atoms with Crippen molar-refractivity contribution >= 4 is 33.2 Å². The number of nitrogens with zero attached hydrogens (tertiary/aromatic N) is 1. The summed E-state index contributed by atoms with van der Waals surface area (Å²) in [6.07, 6.45) is 1.12. The van der Waals surface area contributed by atoms with Crippen LogP contribution in [0.2, 0.25) is 5.02 Å². The molecule has 0 spiro atoms. The van der Waals surface area contributed by atoms with Gasteiger partial charge in [-0.15, -0.1) is 0 Å². The summed E-state index contributed by atoms with van der Waals surface area (Å²) in [6.45, 7) is 1.88. The van der Waals surface area contributed by atoms with E-state index < -0.39 is 10.0 Å². The molecule has 0 aromatic heterocycles. The maximum atomic E-state index is 13.1. The highest BCUT2D eigenvalue weighted by atomic mass is 35.5. The number of carbonyl (C=O) groups is 1. The van der Waals surface area contributed by atoms with Gasteiger partial charge in [0.05, 0.1) is 24.5 Å². The van der Waals surface area contributed by atoms with E-state index in [4.69, 9.17) is 11.6 Å². The maximum absolute atomic E-state index is 13.1. The molecule has 8 heteroatoms. The molecule has 0 saturated heterocycles. The SMILES string of the molecule is CC(NC(=O)c1ccc(N(Cc2ccccc2Cl)S(C)(=O)=O)cc1)c1ccc(F)cc1. The van der Waals surface area contributed by atoms with Gasteiger partial charge in [-0.25, -0.2) is 12.8 Å². The van der Waals surface area contributed by atoms with Crippen LogP contribution < -0.4 is 9.62 Å². The maximum Gasteiger partial charge on any atom is 0.251 e. The van der Waals surface area contributed by atoms with Crippen LogP contribution >= 0.6 is 11.6 Å². The number of carbonyl (C=O) groups excluding carboxylic acids is 1. The Hall–Kier alpha value is -2.90. The molecule has 1 amide bonds. The van der Waals surface area contributed by atoms with Gasteiger partial charge >= 0.3 is 0 Å². The smallest absolute Gasteiger partial charge is 0.251 e. The summed E-state index contributed by atoms with van der Waals surface area (Å²) >= 11 is 6.19. The highest BCUT2D eigenvalue weighted by Gasteiger charge is 2.20. The normalized spacial score (nSPS) is 12.3. The van der Waals surface area contributed by atoms with Crippen molar-refractivity contribution in [1.29, 1.82) is 0 Å². The highest BCUT2D eigenvalue weighted by molar-refractivity contribution is 7.92. The minimum Gasteiger partial charge on any atom is -0.346 e. The summed E-state index contributed by atoms with van der Waals surface area (Å²) in [6, 6.07) is 18.9. The average molecular weight is 461 g/mol. The number of anilines is 1. The fourth-order valence-corrected chi connectivity index (χ4v) is 4.15. The Morgan fingerprint density at radius 2 is 1.65 bits per heavy atom. The van der Waals surface area contributed by atoms with Gasteiger partial charge < -0.3 is 5.32 Å². The number of hydrogen-bond acceptors (Lipinski definition) is 3. The number of sulfonamides is 1. The highest BCUT2D eigenvalue weighted by Crippen LogP contribution is 2.25. The lowest BCUT2D eigenvalue weighted by atomic mass is 10.1. The monoisotopic (exact) mass is 460 g/mol. The summed E-state index contributed by atoms with van der Waals surface area (Å²) in [5, 5.41) is 3.32. The summed E-state index contributed by atoms with van der Waals surface area (Å²) in [5.41, 5.74) is 2.24. The minimum atomic E-state index is -3.58. The van der Waals surface area contributed by atoms with Gasteiger partial charge in [-0.05, 0) is 60.5 Å². The van der Waals surface area contributed by atoms with E-state index in [1.165, 1.54) is 16.4 Å². The van der Waals surface area contributed by atoms with Gasteiger partial charge in [0.1, 0.15) is 5.82 Å². The van der Waals surface area contributed by atoms with E-state index in [1.807, 2.05) is 0 Å². The first-order valence-corrected chi connectivity index (χ1v) is 11.8. The lowest BCUT2D eigenvalue weighted by Crippen LogP contribution is -2.30. The zero-order valence-electron chi connectivity index (χ0n) is 17.0. The van der Waals surface area contributed by atoms with Gasteiger partial charge in [0.25, 0.3) is 5.91 Å². The average Bonchev–Trinajstić information content (AvgIpc) is 2.73. The van der Waals surface area contributed by atoms with Crippen LogP contribution in [0, 0.1) is 5.82 Å². The third-order valence-electron chi connectivity index (χ3n) is 4.81. The summed E-state index contributed by atoms with van der Waals surface area (Å²) in [4.78, 5) is 12.6. The number of rotatable bonds is 7. The van der Waals surface area contributed by atoms with Crippen LogP contribution in [0.25, 0.3) is 0 Å². The predicted molar refractivity (Wildman–Crippen MR) is 121 cm³/mol. The molecule has 0 fully saturated rings. The van der Waals surface area contributed by atoms with Crippen LogP contribution in [0.4, 0.5) is 10.1 Å². The lowest BCUT2D eigenvalue weighted by Gasteiger charge is -2.23. The van der Waals surface area contributed by atoms with Crippen molar-refractivity contribution < 1.29 is 17.6 Å². The zero-order valence-corrected chi connectivity index (χ0v) is 18.6. The number of hydrogen-bond donors (Lipinski definition) is 1. The minimum absolute atomic E-state index is 0.0751. The van der Waals surface area contributed by atoms with Crippen LogP contribution in [-0.4, -0.2) is 20.6 Å². The van der Waals surface area contributed by atoms with E-state index in [1.54, 1.807) is 67.6 Å². The van der Waals surface area contributed by atoms with E-state index in [0.29, 0.717) is 21.8 Å². The molecule has 3 aromatic rings. The second-order valence-electron chi connectivity index (χ2n) is 7.15. The molecule has 0 aliphatic carbocycles. The Morgan fingerprint density at radius 3 is 2.23 bits per heavy atom. The Labute approximate surface area is 186 Å². The fraction of sp³-hybridized carbons (Fsp3) is 0.174. The van der Waals surface area contributed by atoms with Crippen molar-refractivity contribution in [2.24, 2.45) is 0 Å². The molecule has 31 heavy (non-hydrogen) atoms. The van der Waals surface area contributed by atoms with Crippen LogP contribution in [0.15, 0.2) is 72.8 Å². The predicted octanol–water partition coefficient (Wildman–Crippen LogP) is 4.94. The van der Waals surface area contributed by atoms with Gasteiger partial charge in [-0.3, -0.25) is 9.10 Å². The van der Waals surface area contributed by atoms with Crippen LogP contribution in [0.5, 0.6) is 0 Å². The van der Waals surface area contributed by atoms with E-state index >= 15 is 0 Å². The number of amides is 1. The quantitative estimate of drug-likeness (QED) is 0.543. The molecule has 5 nitrogen and oxygen atoms in total. The topological polar surface area (TPSA) is 66.5 Å². The largest absolute Gasteiger partial charge is 0.346 e. The first-order valence-electron chi connectivity index (χ1n) is 9.52. The number of halogens is 2. The summed E-state index contributed by atoms with van der Waals surface area (Å²) in [7, 11) is -3.58. The molecule has 162 valence electrons. The van der Waals surface area contributed by atoms with Crippen molar-refractivity contribution in [1.82, 2.24) is 5.32 Å². The molecule has 3 rings (SSSR count). The molecule has 0 aliphatic rings. The van der Waals surface area contributed by atoms with Crippen molar-refractivity contribution in [3.05, 3.63) is 100 Å². The van der Waals surface area contributed by atoms with Crippen LogP contribution in [0.3, 0.4) is 0 Å². The molecular weight excluding hydrogens is 439 g/mol. The second kappa shape index (κ2) is 9.49. The van der Waals surface area contributed by atoms with Gasteiger partial charge in [-0.2, -0.15) is 0 Å². The molecule has 1 N–H and O–H groups in total. The molecule has 0 bridgehead atoms. The molecule has 0 aliphatic heterocycles. The standard InChI is InChI=1S/C23H22ClFN2O3S/c1-16(17-7-11-20(25)12-8-17)26-23(28)18-9-13-21(14-10-18)27(31(2,29)30)15-19-5-3-4-6-22(19)24/h3-14,16H,15H2,1-2H3,(H,26,28). The van der Waals surface area contributed by atoms with Gasteiger partial charge in [0.2, 0.25) is 10.0 Å². The van der Waals surface area contributed by atoms with E-state index in [2.05, 4.69) is 5.32 Å². The van der Waals surface area contributed by atoms with E-state index in [9.17, 15) is 17.6 Å².